The normalized spacial score (nSPS) is 18.0. The number of rotatable bonds is 5. The highest BCUT2D eigenvalue weighted by Crippen LogP contribution is 2.23. The molecule has 0 bridgehead atoms. The Hall–Kier alpha value is -1.86. The minimum atomic E-state index is -0.127. The van der Waals surface area contributed by atoms with Gasteiger partial charge in [0.1, 0.15) is 18.8 Å². The van der Waals surface area contributed by atoms with Gasteiger partial charge in [-0.1, -0.05) is 13.0 Å². The van der Waals surface area contributed by atoms with Crippen molar-refractivity contribution >= 4 is 0 Å². The Morgan fingerprint density at radius 3 is 2.74 bits per heavy atom. The van der Waals surface area contributed by atoms with E-state index in [1.807, 2.05) is 23.0 Å². The SMILES string of the molecule is CCC(C)(C)n1nnnc1[C@H](c1ccccn1)[NH+]1CCOCC1. The van der Waals surface area contributed by atoms with Crippen LogP contribution in [0.25, 0.3) is 0 Å². The number of aromatic nitrogens is 5. The molecule has 7 heteroatoms. The third-order valence-electron chi connectivity index (χ3n) is 4.72. The predicted molar refractivity (Wildman–Crippen MR) is 85.0 cm³/mol. The quantitative estimate of drug-likeness (QED) is 0.854. The molecule has 3 rings (SSSR count). The Bertz CT molecular complexity index is 621. The lowest BCUT2D eigenvalue weighted by Gasteiger charge is -2.32. The Balaban J connectivity index is 2.04. The molecule has 1 fully saturated rings. The first-order chi connectivity index (χ1) is 11.1. The average molecular weight is 317 g/mol. The van der Waals surface area contributed by atoms with Gasteiger partial charge >= 0.3 is 0 Å². The maximum atomic E-state index is 5.52. The summed E-state index contributed by atoms with van der Waals surface area (Å²) in [4.78, 5) is 5.99. The largest absolute Gasteiger partial charge is 0.370 e. The van der Waals surface area contributed by atoms with Crippen molar-refractivity contribution in [3.05, 3.63) is 35.9 Å². The zero-order chi connectivity index (χ0) is 16.3. The van der Waals surface area contributed by atoms with Crippen molar-refractivity contribution in [2.75, 3.05) is 26.3 Å². The highest BCUT2D eigenvalue weighted by Gasteiger charge is 2.36. The Morgan fingerprint density at radius 1 is 1.30 bits per heavy atom. The van der Waals surface area contributed by atoms with E-state index < -0.39 is 0 Å². The van der Waals surface area contributed by atoms with Gasteiger partial charge < -0.3 is 9.64 Å². The van der Waals surface area contributed by atoms with Gasteiger partial charge in [0.2, 0.25) is 5.82 Å². The van der Waals surface area contributed by atoms with Gasteiger partial charge in [-0.25, -0.2) is 4.68 Å². The predicted octanol–water partition coefficient (Wildman–Crippen LogP) is 0.218. The van der Waals surface area contributed by atoms with Crippen LogP contribution in [-0.2, 0) is 10.3 Å². The van der Waals surface area contributed by atoms with E-state index in [0.29, 0.717) is 0 Å². The van der Waals surface area contributed by atoms with E-state index in [0.717, 1.165) is 44.2 Å². The van der Waals surface area contributed by atoms with E-state index in [1.165, 1.54) is 4.90 Å². The molecule has 0 spiro atoms. The summed E-state index contributed by atoms with van der Waals surface area (Å²) in [5.74, 6) is 0.882. The first kappa shape index (κ1) is 16.0. The number of pyridine rings is 1. The summed E-state index contributed by atoms with van der Waals surface area (Å²) < 4.78 is 7.49. The molecule has 1 saturated heterocycles. The van der Waals surface area contributed by atoms with Crippen LogP contribution in [0, 0.1) is 0 Å². The van der Waals surface area contributed by atoms with Gasteiger partial charge in [0.15, 0.2) is 6.04 Å². The molecular weight excluding hydrogens is 292 g/mol. The number of hydrogen-bond acceptors (Lipinski definition) is 5. The van der Waals surface area contributed by atoms with E-state index in [1.54, 1.807) is 0 Å². The molecule has 3 heterocycles. The molecule has 1 N–H and O–H groups in total. The van der Waals surface area contributed by atoms with Crippen LogP contribution >= 0.6 is 0 Å². The lowest BCUT2D eigenvalue weighted by atomic mass is 10.0. The van der Waals surface area contributed by atoms with E-state index in [-0.39, 0.29) is 11.6 Å². The van der Waals surface area contributed by atoms with Crippen molar-refractivity contribution in [3.63, 3.8) is 0 Å². The summed E-state index contributed by atoms with van der Waals surface area (Å²) in [6.07, 6.45) is 2.79. The van der Waals surface area contributed by atoms with Gasteiger partial charge in [-0.15, -0.1) is 5.10 Å². The molecule has 0 radical (unpaired) electrons. The van der Waals surface area contributed by atoms with E-state index in [2.05, 4.69) is 47.3 Å². The van der Waals surface area contributed by atoms with Crippen LogP contribution in [0.5, 0.6) is 0 Å². The molecule has 0 aromatic carbocycles. The number of ether oxygens (including phenoxy) is 1. The fraction of sp³-hybridized carbons (Fsp3) is 0.625. The number of nitrogens with zero attached hydrogens (tertiary/aromatic N) is 5. The molecule has 0 aliphatic carbocycles. The van der Waals surface area contributed by atoms with Crippen molar-refractivity contribution < 1.29 is 9.64 Å². The zero-order valence-corrected chi connectivity index (χ0v) is 14.1. The zero-order valence-electron chi connectivity index (χ0n) is 14.1. The van der Waals surface area contributed by atoms with Gasteiger partial charge in [0, 0.05) is 6.20 Å². The number of quaternary nitrogens is 1. The van der Waals surface area contributed by atoms with Crippen LogP contribution in [0.2, 0.25) is 0 Å². The van der Waals surface area contributed by atoms with Crippen LogP contribution < -0.4 is 4.90 Å². The van der Waals surface area contributed by atoms with Gasteiger partial charge in [0.05, 0.1) is 18.8 Å². The minimum Gasteiger partial charge on any atom is -0.370 e. The molecule has 2 aromatic heterocycles. The van der Waals surface area contributed by atoms with E-state index in [4.69, 9.17) is 4.74 Å². The molecule has 23 heavy (non-hydrogen) atoms. The van der Waals surface area contributed by atoms with Gasteiger partial charge in [0.25, 0.3) is 0 Å². The number of hydrogen-bond donors (Lipinski definition) is 1. The summed E-state index contributed by atoms with van der Waals surface area (Å²) in [5.41, 5.74) is 0.879. The number of tetrazole rings is 1. The number of nitrogens with one attached hydrogen (secondary N) is 1. The van der Waals surface area contributed by atoms with Crippen molar-refractivity contribution in [1.82, 2.24) is 25.2 Å². The molecule has 2 aromatic rings. The summed E-state index contributed by atoms with van der Waals surface area (Å²) in [6, 6.07) is 6.05. The van der Waals surface area contributed by atoms with E-state index in [9.17, 15) is 0 Å². The Kier molecular flexibility index (Phi) is 4.68. The van der Waals surface area contributed by atoms with Crippen LogP contribution in [0.15, 0.2) is 24.4 Å². The Labute approximate surface area is 136 Å². The molecule has 1 aliphatic heterocycles. The molecule has 0 unspecified atom stereocenters. The monoisotopic (exact) mass is 317 g/mol. The van der Waals surface area contributed by atoms with Crippen molar-refractivity contribution in [3.8, 4) is 0 Å². The fourth-order valence-electron chi connectivity index (χ4n) is 2.95. The second-order valence-electron chi connectivity index (χ2n) is 6.57. The van der Waals surface area contributed by atoms with Crippen LogP contribution in [0.4, 0.5) is 0 Å². The number of morpholine rings is 1. The van der Waals surface area contributed by atoms with Crippen LogP contribution in [0.1, 0.15) is 44.8 Å². The fourth-order valence-corrected chi connectivity index (χ4v) is 2.95. The Morgan fingerprint density at radius 2 is 2.09 bits per heavy atom. The molecule has 124 valence electrons. The minimum absolute atomic E-state index is 0.0286. The average Bonchev–Trinajstić information content (AvgIpc) is 3.07. The lowest BCUT2D eigenvalue weighted by molar-refractivity contribution is -0.934. The maximum absolute atomic E-state index is 5.52. The standard InChI is InChI=1S/C16H24N6O/c1-4-16(2,3)22-15(18-19-20-22)14(13-7-5-6-8-17-13)21-9-11-23-12-10-21/h5-8,14H,4,9-12H2,1-3H3/p+1/t14-/m0/s1. The molecule has 0 saturated carbocycles. The van der Waals surface area contributed by atoms with Gasteiger partial charge in [-0.05, 0) is 42.8 Å². The van der Waals surface area contributed by atoms with Gasteiger partial charge in [-0.3, -0.25) is 4.98 Å². The lowest BCUT2D eigenvalue weighted by Crippen LogP contribution is -3.14. The molecule has 1 aliphatic rings. The first-order valence-electron chi connectivity index (χ1n) is 8.25. The molecule has 1 atom stereocenters. The third kappa shape index (κ3) is 3.25. The smallest absolute Gasteiger partial charge is 0.216 e. The van der Waals surface area contributed by atoms with Crippen molar-refractivity contribution in [2.24, 2.45) is 0 Å². The van der Waals surface area contributed by atoms with Gasteiger partial charge in [-0.2, -0.15) is 0 Å². The maximum Gasteiger partial charge on any atom is 0.216 e. The highest BCUT2D eigenvalue weighted by atomic mass is 16.5. The summed E-state index contributed by atoms with van der Waals surface area (Å²) in [6.45, 7) is 9.87. The molecular formula is C16H25N6O+. The molecule has 7 nitrogen and oxygen atoms in total. The second-order valence-corrected chi connectivity index (χ2v) is 6.57. The highest BCUT2D eigenvalue weighted by molar-refractivity contribution is 5.14. The molecule has 0 amide bonds. The summed E-state index contributed by atoms with van der Waals surface area (Å²) in [5, 5.41) is 12.6. The first-order valence-corrected chi connectivity index (χ1v) is 8.25. The van der Waals surface area contributed by atoms with E-state index >= 15 is 0 Å². The third-order valence-corrected chi connectivity index (χ3v) is 4.72. The second kappa shape index (κ2) is 6.72. The van der Waals surface area contributed by atoms with Crippen LogP contribution in [0.3, 0.4) is 0 Å². The summed E-state index contributed by atoms with van der Waals surface area (Å²) >= 11 is 0. The topological polar surface area (TPSA) is 70.2 Å². The van der Waals surface area contributed by atoms with Crippen LogP contribution in [-0.4, -0.2) is 51.5 Å². The van der Waals surface area contributed by atoms with Crippen molar-refractivity contribution in [1.29, 1.82) is 0 Å². The van der Waals surface area contributed by atoms with Crippen molar-refractivity contribution in [2.45, 2.75) is 38.8 Å². The summed E-state index contributed by atoms with van der Waals surface area (Å²) in [7, 11) is 0.